The highest BCUT2D eigenvalue weighted by molar-refractivity contribution is 7.80. The first-order valence-corrected chi connectivity index (χ1v) is 7.76. The van der Waals surface area contributed by atoms with Crippen LogP contribution in [-0.4, -0.2) is 10.9 Å². The third-order valence-corrected chi connectivity index (χ3v) is 5.69. The van der Waals surface area contributed by atoms with Gasteiger partial charge < -0.3 is 11.1 Å². The molecule has 3 aliphatic carbocycles. The number of hydrogen-bond acceptors (Lipinski definition) is 2. The number of thiocarbonyl (C=S) groups is 1. The van der Waals surface area contributed by atoms with Crippen molar-refractivity contribution < 1.29 is 4.79 Å². The Morgan fingerprint density at radius 3 is 2.60 bits per heavy atom. The molecule has 1 amide bonds. The fourth-order valence-electron chi connectivity index (χ4n) is 4.65. The monoisotopic (exact) mass is 286 g/mol. The molecule has 0 aromatic heterocycles. The van der Waals surface area contributed by atoms with Crippen molar-refractivity contribution in [3.63, 3.8) is 0 Å². The van der Waals surface area contributed by atoms with Gasteiger partial charge in [0.25, 0.3) is 0 Å². The predicted octanol–water partition coefficient (Wildman–Crippen LogP) is 2.55. The highest BCUT2D eigenvalue weighted by atomic mass is 32.1. The number of nitrogens with two attached hydrogens (primary N) is 1. The molecule has 1 aromatic rings. The molecule has 3 aliphatic rings. The molecule has 3 fully saturated rings. The van der Waals surface area contributed by atoms with E-state index in [1.165, 1.54) is 19.3 Å². The van der Waals surface area contributed by atoms with Crippen molar-refractivity contribution in [3.05, 3.63) is 29.8 Å². The second kappa shape index (κ2) is 4.29. The van der Waals surface area contributed by atoms with Gasteiger partial charge in [-0.2, -0.15) is 0 Å². The van der Waals surface area contributed by atoms with Crippen molar-refractivity contribution in [3.8, 4) is 0 Å². The van der Waals surface area contributed by atoms with E-state index in [-0.39, 0.29) is 11.8 Å². The fourth-order valence-corrected chi connectivity index (χ4v) is 4.78. The van der Waals surface area contributed by atoms with Crippen LogP contribution in [0.2, 0.25) is 0 Å². The molecule has 1 aromatic carbocycles. The molecule has 2 bridgehead atoms. The Labute approximate surface area is 123 Å². The Kier molecular flexibility index (Phi) is 2.64. The molecular weight excluding hydrogens is 268 g/mol. The van der Waals surface area contributed by atoms with Crippen LogP contribution in [0.15, 0.2) is 24.3 Å². The summed E-state index contributed by atoms with van der Waals surface area (Å²) in [6.45, 7) is 0. The molecule has 4 unspecified atom stereocenters. The van der Waals surface area contributed by atoms with Crippen LogP contribution < -0.4 is 11.1 Å². The molecule has 4 atom stereocenters. The Morgan fingerprint density at radius 2 is 1.95 bits per heavy atom. The van der Waals surface area contributed by atoms with Crippen LogP contribution in [0.25, 0.3) is 0 Å². The first-order chi connectivity index (χ1) is 9.65. The molecule has 0 heterocycles. The lowest BCUT2D eigenvalue weighted by Crippen LogP contribution is -2.19. The molecule has 0 radical (unpaired) electrons. The normalized spacial score (nSPS) is 36.5. The van der Waals surface area contributed by atoms with Crippen molar-refractivity contribution in [1.29, 1.82) is 0 Å². The largest absolute Gasteiger partial charge is 0.389 e. The van der Waals surface area contributed by atoms with Gasteiger partial charge in [0.05, 0.1) is 0 Å². The first-order valence-electron chi connectivity index (χ1n) is 7.36. The number of amides is 1. The van der Waals surface area contributed by atoms with Crippen molar-refractivity contribution in [2.75, 3.05) is 5.32 Å². The third kappa shape index (κ3) is 1.78. The molecule has 4 rings (SSSR count). The van der Waals surface area contributed by atoms with E-state index in [1.807, 2.05) is 24.3 Å². The minimum atomic E-state index is 0.191. The van der Waals surface area contributed by atoms with E-state index in [4.69, 9.17) is 18.0 Å². The lowest BCUT2D eigenvalue weighted by Gasteiger charge is -2.10. The number of anilines is 1. The van der Waals surface area contributed by atoms with Gasteiger partial charge in [-0.3, -0.25) is 4.79 Å². The lowest BCUT2D eigenvalue weighted by atomic mass is 10.0. The topological polar surface area (TPSA) is 55.1 Å². The molecule has 20 heavy (non-hydrogen) atoms. The Bertz CT molecular complexity index is 584. The zero-order valence-electron chi connectivity index (χ0n) is 11.2. The average molecular weight is 286 g/mol. The van der Waals surface area contributed by atoms with E-state index < -0.39 is 0 Å². The van der Waals surface area contributed by atoms with Gasteiger partial charge >= 0.3 is 0 Å². The predicted molar refractivity (Wildman–Crippen MR) is 82.3 cm³/mol. The van der Waals surface area contributed by atoms with Gasteiger partial charge in [0.2, 0.25) is 5.91 Å². The Hall–Kier alpha value is -1.42. The maximum absolute atomic E-state index is 12.4. The fraction of sp³-hybridized carbons (Fsp3) is 0.500. The van der Waals surface area contributed by atoms with Gasteiger partial charge in [0.1, 0.15) is 4.99 Å². The summed E-state index contributed by atoms with van der Waals surface area (Å²) in [5, 5.41) is 3.04. The number of rotatable bonds is 3. The van der Waals surface area contributed by atoms with Crippen LogP contribution in [0.4, 0.5) is 5.69 Å². The number of hydrogen-bond donors (Lipinski definition) is 2. The lowest BCUT2D eigenvalue weighted by molar-refractivity contribution is -0.118. The van der Waals surface area contributed by atoms with Gasteiger partial charge in [0, 0.05) is 17.2 Å². The average Bonchev–Trinajstić information content (AvgIpc) is 2.88. The summed E-state index contributed by atoms with van der Waals surface area (Å²) in [4.78, 5) is 12.8. The van der Waals surface area contributed by atoms with Crippen LogP contribution in [0.5, 0.6) is 0 Å². The smallest absolute Gasteiger partial charge is 0.228 e. The number of nitrogens with one attached hydrogen (secondary N) is 1. The minimum absolute atomic E-state index is 0.191. The van der Waals surface area contributed by atoms with Crippen molar-refractivity contribution >= 4 is 28.8 Å². The summed E-state index contributed by atoms with van der Waals surface area (Å²) in [6, 6.07) is 7.49. The maximum atomic E-state index is 12.4. The molecule has 3 nitrogen and oxygen atoms in total. The van der Waals surface area contributed by atoms with Crippen LogP contribution in [0.1, 0.15) is 24.8 Å². The molecular formula is C16H18N2OS. The summed E-state index contributed by atoms with van der Waals surface area (Å²) in [7, 11) is 0. The number of fused-ring (bicyclic) bond motifs is 5. The van der Waals surface area contributed by atoms with Crippen molar-refractivity contribution in [2.24, 2.45) is 35.3 Å². The first kappa shape index (κ1) is 12.3. The van der Waals surface area contributed by atoms with Crippen LogP contribution in [0, 0.1) is 29.6 Å². The number of carbonyl (C=O) groups excluding carboxylic acids is 1. The minimum Gasteiger partial charge on any atom is -0.389 e. The summed E-state index contributed by atoms with van der Waals surface area (Å²) < 4.78 is 0. The van der Waals surface area contributed by atoms with Crippen molar-refractivity contribution in [2.45, 2.75) is 19.3 Å². The molecule has 0 saturated heterocycles. The number of carbonyl (C=O) groups is 1. The van der Waals surface area contributed by atoms with Crippen LogP contribution in [-0.2, 0) is 4.79 Å². The van der Waals surface area contributed by atoms with Crippen molar-refractivity contribution in [1.82, 2.24) is 0 Å². The highest BCUT2D eigenvalue weighted by Gasteiger charge is 2.67. The highest BCUT2D eigenvalue weighted by Crippen LogP contribution is 2.69. The third-order valence-electron chi connectivity index (χ3n) is 5.45. The van der Waals surface area contributed by atoms with Crippen LogP contribution in [0.3, 0.4) is 0 Å². The summed E-state index contributed by atoms with van der Waals surface area (Å²) in [6.07, 6.45) is 4.05. The Balaban J connectivity index is 1.46. The molecule has 3 saturated carbocycles. The molecule has 0 aliphatic heterocycles. The van der Waals surface area contributed by atoms with Gasteiger partial charge in [-0.05, 0) is 55.1 Å². The Morgan fingerprint density at radius 1 is 1.25 bits per heavy atom. The molecule has 104 valence electrons. The van der Waals surface area contributed by atoms with E-state index in [0.717, 1.165) is 23.1 Å². The SMILES string of the molecule is NC(=S)c1cccc(NC(=O)C2C3C4CCC(C4)C23)c1. The second-order valence-electron chi connectivity index (χ2n) is 6.45. The summed E-state index contributed by atoms with van der Waals surface area (Å²) >= 11 is 4.97. The van der Waals surface area contributed by atoms with E-state index in [0.29, 0.717) is 16.8 Å². The zero-order valence-corrected chi connectivity index (χ0v) is 12.0. The zero-order chi connectivity index (χ0) is 13.9. The van der Waals surface area contributed by atoms with E-state index in [2.05, 4.69) is 5.32 Å². The maximum Gasteiger partial charge on any atom is 0.228 e. The summed E-state index contributed by atoms with van der Waals surface area (Å²) in [5.74, 6) is 3.44. The van der Waals surface area contributed by atoms with Gasteiger partial charge in [-0.25, -0.2) is 0 Å². The van der Waals surface area contributed by atoms with Crippen LogP contribution >= 0.6 is 12.2 Å². The van der Waals surface area contributed by atoms with Gasteiger partial charge in [-0.15, -0.1) is 0 Å². The molecule has 3 N–H and O–H groups in total. The summed E-state index contributed by atoms with van der Waals surface area (Å²) in [5.41, 5.74) is 7.23. The van der Waals surface area contributed by atoms with E-state index in [9.17, 15) is 4.79 Å². The standard InChI is InChI=1S/C16H18N2OS/c17-15(20)10-2-1-3-11(7-10)18-16(19)14-12-8-4-5-9(6-8)13(12)14/h1-3,7-9,12-14H,4-6H2,(H2,17,20)(H,18,19). The van der Waals surface area contributed by atoms with E-state index in [1.54, 1.807) is 0 Å². The van der Waals surface area contributed by atoms with Gasteiger partial charge in [-0.1, -0.05) is 24.4 Å². The molecule has 4 heteroatoms. The van der Waals surface area contributed by atoms with E-state index >= 15 is 0 Å². The quantitative estimate of drug-likeness (QED) is 0.840. The van der Waals surface area contributed by atoms with Gasteiger partial charge in [0.15, 0.2) is 0 Å². The number of benzene rings is 1. The molecule has 0 spiro atoms. The second-order valence-corrected chi connectivity index (χ2v) is 6.89.